The number of carbonyl (C=O) groups excluding carboxylic acids is 3. The summed E-state index contributed by atoms with van der Waals surface area (Å²) in [6, 6.07) is 7.40. The van der Waals surface area contributed by atoms with E-state index < -0.39 is 52.7 Å². The van der Waals surface area contributed by atoms with Gasteiger partial charge in [0.1, 0.15) is 16.7 Å². The molecule has 0 saturated carbocycles. The zero-order valence-electron chi connectivity index (χ0n) is 21.5. The van der Waals surface area contributed by atoms with Crippen molar-refractivity contribution >= 4 is 23.9 Å². The summed E-state index contributed by atoms with van der Waals surface area (Å²) in [4.78, 5) is 47.6. The average Bonchev–Trinajstić information content (AvgIpc) is 2.79. The SMILES string of the molecule is CC(NC(=O)OC(C)(C)C)C(=O)NC(CCCN/C(N)=N/[N+](=O)[O-])C(O)C(=O)NCCc1ccccc1. The first kappa shape index (κ1) is 31.1. The van der Waals surface area contributed by atoms with E-state index >= 15 is 0 Å². The van der Waals surface area contributed by atoms with Crippen LogP contribution in [0.1, 0.15) is 46.1 Å². The lowest BCUT2D eigenvalue weighted by atomic mass is 10.0. The Morgan fingerprint density at radius 3 is 2.35 bits per heavy atom. The molecule has 1 aromatic carbocycles. The molecule has 0 aliphatic carbocycles. The van der Waals surface area contributed by atoms with Crippen LogP contribution >= 0.6 is 0 Å². The van der Waals surface area contributed by atoms with Gasteiger partial charge < -0.3 is 36.8 Å². The van der Waals surface area contributed by atoms with E-state index in [2.05, 4.69) is 26.4 Å². The summed E-state index contributed by atoms with van der Waals surface area (Å²) in [5.74, 6) is -1.73. The number of benzene rings is 1. The van der Waals surface area contributed by atoms with Crippen molar-refractivity contribution in [2.45, 2.75) is 70.7 Å². The van der Waals surface area contributed by atoms with Gasteiger partial charge in [0.05, 0.1) is 6.04 Å². The number of guanidine groups is 1. The van der Waals surface area contributed by atoms with Crippen LogP contribution in [0.5, 0.6) is 0 Å². The minimum Gasteiger partial charge on any atom is -0.444 e. The second-order valence-electron chi connectivity index (χ2n) is 9.25. The van der Waals surface area contributed by atoms with Gasteiger partial charge in [0.2, 0.25) is 5.91 Å². The number of hydrazone groups is 1. The monoisotopic (exact) mass is 523 g/mol. The number of nitrogens with zero attached hydrogens (tertiary/aromatic N) is 2. The molecule has 0 bridgehead atoms. The Kier molecular flexibility index (Phi) is 12.8. The van der Waals surface area contributed by atoms with Crippen LogP contribution in [0.2, 0.25) is 0 Å². The minimum atomic E-state index is -1.60. The Bertz CT molecular complexity index is 935. The van der Waals surface area contributed by atoms with E-state index in [0.717, 1.165) is 5.56 Å². The maximum Gasteiger partial charge on any atom is 0.408 e. The molecule has 3 atom stereocenters. The molecular formula is C23H37N7O7. The van der Waals surface area contributed by atoms with Gasteiger partial charge in [0, 0.05) is 13.1 Å². The predicted molar refractivity (Wildman–Crippen MR) is 136 cm³/mol. The predicted octanol–water partition coefficient (Wildman–Crippen LogP) is -0.0196. The number of hydrogen-bond acceptors (Lipinski definition) is 7. The molecule has 0 aliphatic rings. The van der Waals surface area contributed by atoms with Crippen molar-refractivity contribution in [3.8, 4) is 0 Å². The van der Waals surface area contributed by atoms with E-state index in [1.165, 1.54) is 6.92 Å². The fraction of sp³-hybridized carbons (Fsp3) is 0.565. The lowest BCUT2D eigenvalue weighted by Gasteiger charge is -2.26. The van der Waals surface area contributed by atoms with Gasteiger partial charge in [-0.05, 0) is 52.5 Å². The van der Waals surface area contributed by atoms with Crippen molar-refractivity contribution in [2.24, 2.45) is 10.8 Å². The third kappa shape index (κ3) is 13.7. The topological polar surface area (TPSA) is 210 Å². The number of ether oxygens (including phenoxy) is 1. The van der Waals surface area contributed by atoms with Gasteiger partial charge >= 0.3 is 6.09 Å². The maximum atomic E-state index is 12.7. The summed E-state index contributed by atoms with van der Waals surface area (Å²) in [6.07, 6.45) is -1.47. The molecule has 0 fully saturated rings. The number of hydrogen-bond donors (Lipinski definition) is 6. The third-order valence-corrected chi connectivity index (χ3v) is 4.85. The number of carbonyl (C=O) groups is 3. The molecule has 0 aliphatic heterocycles. The quantitative estimate of drug-likeness (QED) is 0.0673. The zero-order valence-corrected chi connectivity index (χ0v) is 21.5. The van der Waals surface area contributed by atoms with Crippen molar-refractivity contribution < 1.29 is 29.3 Å². The smallest absolute Gasteiger partial charge is 0.408 e. The van der Waals surface area contributed by atoms with E-state index in [-0.39, 0.29) is 25.9 Å². The molecule has 0 radical (unpaired) electrons. The van der Waals surface area contributed by atoms with Crippen molar-refractivity contribution in [3.05, 3.63) is 46.0 Å². The van der Waals surface area contributed by atoms with Gasteiger partial charge in [0.15, 0.2) is 11.1 Å². The lowest BCUT2D eigenvalue weighted by Crippen LogP contribution is -2.55. The number of alkyl carbamates (subject to hydrolysis) is 1. The molecule has 0 saturated heterocycles. The van der Waals surface area contributed by atoms with Gasteiger partial charge in [-0.2, -0.15) is 0 Å². The Morgan fingerprint density at radius 2 is 1.76 bits per heavy atom. The normalized spacial score (nSPS) is 14.0. The van der Waals surface area contributed by atoms with E-state index in [1.807, 2.05) is 30.3 Å². The van der Waals surface area contributed by atoms with Crippen LogP contribution in [0.4, 0.5) is 4.79 Å². The molecule has 14 nitrogen and oxygen atoms in total. The van der Waals surface area contributed by atoms with Crippen LogP contribution in [0, 0.1) is 10.1 Å². The fourth-order valence-electron chi connectivity index (χ4n) is 3.09. The number of nitrogens with two attached hydrogens (primary N) is 1. The molecule has 7 N–H and O–H groups in total. The summed E-state index contributed by atoms with van der Waals surface area (Å²) in [6.45, 7) is 6.86. The number of rotatable bonds is 13. The highest BCUT2D eigenvalue weighted by Crippen LogP contribution is 2.08. The van der Waals surface area contributed by atoms with Gasteiger partial charge in [-0.1, -0.05) is 30.3 Å². The molecule has 206 valence electrons. The molecule has 14 heteroatoms. The molecule has 3 amide bonds. The van der Waals surface area contributed by atoms with Gasteiger partial charge in [-0.25, -0.2) is 14.9 Å². The van der Waals surface area contributed by atoms with Crippen LogP contribution in [-0.4, -0.2) is 70.9 Å². The maximum absolute atomic E-state index is 12.7. The molecule has 1 aromatic rings. The van der Waals surface area contributed by atoms with Crippen LogP contribution in [0.3, 0.4) is 0 Å². The van der Waals surface area contributed by atoms with Crippen molar-refractivity contribution in [3.63, 3.8) is 0 Å². The molecule has 0 heterocycles. The highest BCUT2D eigenvalue weighted by atomic mass is 16.7. The van der Waals surface area contributed by atoms with Crippen LogP contribution < -0.4 is 27.0 Å². The van der Waals surface area contributed by atoms with Crippen LogP contribution in [0.15, 0.2) is 35.4 Å². The highest BCUT2D eigenvalue weighted by Gasteiger charge is 2.29. The Morgan fingerprint density at radius 1 is 1.11 bits per heavy atom. The summed E-state index contributed by atoms with van der Waals surface area (Å²) >= 11 is 0. The molecule has 37 heavy (non-hydrogen) atoms. The summed E-state index contributed by atoms with van der Waals surface area (Å²) in [5, 5.41) is 33.1. The second-order valence-corrected chi connectivity index (χ2v) is 9.25. The number of nitrogens with one attached hydrogen (secondary N) is 4. The number of aliphatic hydroxyl groups is 1. The van der Waals surface area contributed by atoms with Crippen LogP contribution in [0.25, 0.3) is 0 Å². The number of aliphatic hydroxyl groups excluding tert-OH is 1. The molecule has 3 unspecified atom stereocenters. The van der Waals surface area contributed by atoms with Crippen molar-refractivity contribution in [1.29, 1.82) is 0 Å². The first-order valence-electron chi connectivity index (χ1n) is 11.8. The number of nitro groups is 1. The summed E-state index contributed by atoms with van der Waals surface area (Å²) < 4.78 is 5.14. The summed E-state index contributed by atoms with van der Waals surface area (Å²) in [5.41, 5.74) is 5.62. The highest BCUT2D eigenvalue weighted by molar-refractivity contribution is 5.87. The van der Waals surface area contributed by atoms with Crippen molar-refractivity contribution in [2.75, 3.05) is 13.1 Å². The minimum absolute atomic E-state index is 0.108. The van der Waals surface area contributed by atoms with Gasteiger partial charge in [-0.3, -0.25) is 9.59 Å². The summed E-state index contributed by atoms with van der Waals surface area (Å²) in [7, 11) is 0. The Hall–Kier alpha value is -3.94. The van der Waals surface area contributed by atoms with Crippen molar-refractivity contribution in [1.82, 2.24) is 21.3 Å². The van der Waals surface area contributed by atoms with Crippen LogP contribution in [-0.2, 0) is 20.7 Å². The first-order chi connectivity index (χ1) is 17.3. The average molecular weight is 524 g/mol. The molecule has 0 aromatic heterocycles. The third-order valence-electron chi connectivity index (χ3n) is 4.85. The Balaban J connectivity index is 2.75. The van der Waals surface area contributed by atoms with E-state index in [0.29, 0.717) is 6.42 Å². The second kappa shape index (κ2) is 15.2. The van der Waals surface area contributed by atoms with E-state index in [1.54, 1.807) is 20.8 Å². The standard InChI is InChI=1S/C23H37N7O7/c1-15(27-22(34)37-23(2,3)4)19(32)28-17(11-8-13-26-21(24)29-30(35)36)18(31)20(33)25-14-12-16-9-6-5-7-10-16/h5-7,9-10,15,17-18,31H,8,11-14H2,1-4H3,(H,25,33)(H,27,34)(H,28,32)(H3,24,26,29). The van der Waals surface area contributed by atoms with E-state index in [9.17, 15) is 29.6 Å². The van der Waals surface area contributed by atoms with E-state index in [4.69, 9.17) is 10.5 Å². The first-order valence-corrected chi connectivity index (χ1v) is 11.8. The Labute approximate surface area is 215 Å². The lowest BCUT2D eigenvalue weighted by molar-refractivity contribution is -0.485. The molecule has 1 rings (SSSR count). The van der Waals surface area contributed by atoms with Gasteiger partial charge in [0.25, 0.3) is 11.9 Å². The largest absolute Gasteiger partial charge is 0.444 e. The zero-order chi connectivity index (χ0) is 28.0. The number of amides is 3. The molecular weight excluding hydrogens is 486 g/mol. The van der Waals surface area contributed by atoms with Gasteiger partial charge in [-0.15, -0.1) is 0 Å². The fourth-order valence-corrected chi connectivity index (χ4v) is 3.09. The molecule has 0 spiro atoms.